The monoisotopic (exact) mass is 483 g/mol. The van der Waals surface area contributed by atoms with E-state index in [0.29, 0.717) is 6.42 Å². The summed E-state index contributed by atoms with van der Waals surface area (Å²) in [5.41, 5.74) is 11.2. The lowest BCUT2D eigenvalue weighted by Crippen LogP contribution is -2.37. The van der Waals surface area contributed by atoms with Crippen molar-refractivity contribution in [2.24, 2.45) is 12.8 Å². The van der Waals surface area contributed by atoms with E-state index in [-0.39, 0.29) is 33.8 Å². The van der Waals surface area contributed by atoms with Crippen molar-refractivity contribution < 1.29 is 22.4 Å². The van der Waals surface area contributed by atoms with Gasteiger partial charge in [-0.05, 0) is 18.6 Å². The molecule has 1 fully saturated rings. The zero-order valence-electron chi connectivity index (χ0n) is 17.5. The average molecular weight is 483 g/mol. The number of nitrogens with two attached hydrogens (primary N) is 2. The minimum absolute atomic E-state index is 0.0529. The molecule has 33 heavy (non-hydrogen) atoms. The zero-order chi connectivity index (χ0) is 23.9. The van der Waals surface area contributed by atoms with E-state index in [9.17, 15) is 22.4 Å². The molecular weight excluding hydrogens is 462 g/mol. The molecule has 1 aliphatic rings. The Bertz CT molecular complexity index is 1180. The van der Waals surface area contributed by atoms with Gasteiger partial charge in [0, 0.05) is 26.1 Å². The first-order chi connectivity index (χ1) is 15.6. The van der Waals surface area contributed by atoms with E-state index in [1.807, 2.05) is 0 Å². The van der Waals surface area contributed by atoms with E-state index in [0.717, 1.165) is 23.5 Å². The predicted molar refractivity (Wildman–Crippen MR) is 117 cm³/mol. The van der Waals surface area contributed by atoms with Gasteiger partial charge in [0.1, 0.15) is 27.3 Å². The number of halogens is 4. The highest BCUT2D eigenvalue weighted by Gasteiger charge is 2.38. The summed E-state index contributed by atoms with van der Waals surface area (Å²) in [7, 11) is 1.56. The maximum absolute atomic E-state index is 14.3. The highest BCUT2D eigenvalue weighted by atomic mass is 32.1. The number of amides is 1. The number of nitrogens with zero attached hydrogens (tertiary/aromatic N) is 4. The third-order valence-corrected chi connectivity index (χ3v) is 6.16. The van der Waals surface area contributed by atoms with Gasteiger partial charge >= 0.3 is 0 Å². The molecule has 1 aromatic carbocycles. The standard InChI is InChI=1S/C20H21F4N7OS/c1-30-19(31-6-5-10(25)7-20(23,24)9-31)13(8-27-30)28-17(32)15-16(26)33-18(29-15)14-11(21)3-2-4-12(14)22/h2-4,8,10H,5-7,9,25-26H2,1H3,(H,28,32)/t10-/m1/s1. The Kier molecular flexibility index (Phi) is 6.01. The summed E-state index contributed by atoms with van der Waals surface area (Å²) in [5, 5.41) is 6.50. The van der Waals surface area contributed by atoms with Crippen molar-refractivity contribution in [1.82, 2.24) is 14.8 Å². The number of carbonyl (C=O) groups excluding carboxylic acids is 1. The number of benzene rings is 1. The van der Waals surface area contributed by atoms with Crippen LogP contribution in [0, 0.1) is 11.6 Å². The average Bonchev–Trinajstić information content (AvgIpc) is 3.23. The second-order valence-electron chi connectivity index (χ2n) is 7.82. The number of nitrogens with one attached hydrogen (secondary N) is 1. The van der Waals surface area contributed by atoms with Crippen molar-refractivity contribution in [3.63, 3.8) is 0 Å². The Balaban J connectivity index is 1.62. The molecule has 5 N–H and O–H groups in total. The van der Waals surface area contributed by atoms with Crippen molar-refractivity contribution in [1.29, 1.82) is 0 Å². The topological polar surface area (TPSA) is 115 Å². The minimum Gasteiger partial charge on any atom is -0.389 e. The molecule has 1 aliphatic heterocycles. The zero-order valence-corrected chi connectivity index (χ0v) is 18.3. The van der Waals surface area contributed by atoms with Crippen LogP contribution in [-0.2, 0) is 7.05 Å². The molecule has 2 aromatic heterocycles. The van der Waals surface area contributed by atoms with Crippen LogP contribution in [-0.4, -0.2) is 45.7 Å². The number of thiazole rings is 1. The minimum atomic E-state index is -3.01. The van der Waals surface area contributed by atoms with Gasteiger partial charge in [0.2, 0.25) is 0 Å². The number of aryl methyl sites for hydroxylation is 1. The lowest BCUT2D eigenvalue weighted by molar-refractivity contribution is -0.000527. The number of hydrogen-bond donors (Lipinski definition) is 3. The van der Waals surface area contributed by atoms with Crippen LogP contribution in [0.3, 0.4) is 0 Å². The van der Waals surface area contributed by atoms with Crippen LogP contribution in [0.25, 0.3) is 10.6 Å². The lowest BCUT2D eigenvalue weighted by Gasteiger charge is -2.26. The highest BCUT2D eigenvalue weighted by molar-refractivity contribution is 7.19. The predicted octanol–water partition coefficient (Wildman–Crippen LogP) is 3.22. The van der Waals surface area contributed by atoms with Gasteiger partial charge in [-0.25, -0.2) is 22.5 Å². The lowest BCUT2D eigenvalue weighted by atomic mass is 10.1. The summed E-state index contributed by atoms with van der Waals surface area (Å²) < 4.78 is 58.2. The maximum atomic E-state index is 14.3. The van der Waals surface area contributed by atoms with Crippen LogP contribution in [0.4, 0.5) is 34.1 Å². The molecule has 1 atom stereocenters. The number of anilines is 3. The molecule has 0 bridgehead atoms. The van der Waals surface area contributed by atoms with Crippen LogP contribution in [0.5, 0.6) is 0 Å². The van der Waals surface area contributed by atoms with E-state index in [1.165, 1.54) is 21.8 Å². The van der Waals surface area contributed by atoms with Gasteiger partial charge in [-0.1, -0.05) is 17.4 Å². The molecule has 3 heterocycles. The molecule has 176 valence electrons. The number of hydrogen-bond acceptors (Lipinski definition) is 7. The van der Waals surface area contributed by atoms with Gasteiger partial charge in [0.05, 0.1) is 18.3 Å². The number of rotatable bonds is 4. The number of alkyl halides is 2. The van der Waals surface area contributed by atoms with Crippen molar-refractivity contribution in [2.75, 3.05) is 29.0 Å². The summed E-state index contributed by atoms with van der Waals surface area (Å²) in [6.07, 6.45) is 1.22. The molecule has 3 aromatic rings. The fourth-order valence-electron chi connectivity index (χ4n) is 3.79. The summed E-state index contributed by atoms with van der Waals surface area (Å²) in [6.45, 7) is -0.340. The van der Waals surface area contributed by atoms with Crippen LogP contribution in [0.1, 0.15) is 23.3 Å². The van der Waals surface area contributed by atoms with E-state index in [2.05, 4.69) is 15.4 Å². The van der Waals surface area contributed by atoms with E-state index in [4.69, 9.17) is 11.5 Å². The molecule has 0 radical (unpaired) electrons. The fourth-order valence-corrected chi connectivity index (χ4v) is 4.67. The molecule has 1 amide bonds. The van der Waals surface area contributed by atoms with Crippen molar-refractivity contribution in [2.45, 2.75) is 24.8 Å². The van der Waals surface area contributed by atoms with Gasteiger partial charge in [-0.3, -0.25) is 9.48 Å². The van der Waals surface area contributed by atoms with E-state index < -0.39 is 48.0 Å². The van der Waals surface area contributed by atoms with Gasteiger partial charge < -0.3 is 21.7 Å². The summed E-state index contributed by atoms with van der Waals surface area (Å²) in [6, 6.07) is 2.70. The van der Waals surface area contributed by atoms with Crippen LogP contribution in [0.15, 0.2) is 24.4 Å². The number of nitrogen functional groups attached to an aromatic ring is 1. The second kappa shape index (κ2) is 8.63. The van der Waals surface area contributed by atoms with Crippen molar-refractivity contribution >= 4 is 33.8 Å². The molecule has 4 rings (SSSR count). The molecule has 0 unspecified atom stereocenters. The molecule has 0 spiro atoms. The van der Waals surface area contributed by atoms with Crippen LogP contribution in [0.2, 0.25) is 0 Å². The molecule has 0 aliphatic carbocycles. The Morgan fingerprint density at radius 2 is 2.00 bits per heavy atom. The third-order valence-electron chi connectivity index (χ3n) is 5.25. The van der Waals surface area contributed by atoms with Gasteiger partial charge in [0.15, 0.2) is 11.5 Å². The van der Waals surface area contributed by atoms with Crippen molar-refractivity contribution in [3.05, 3.63) is 41.7 Å². The number of aromatic nitrogens is 3. The Morgan fingerprint density at radius 3 is 2.70 bits per heavy atom. The maximum Gasteiger partial charge on any atom is 0.277 e. The van der Waals surface area contributed by atoms with Crippen molar-refractivity contribution in [3.8, 4) is 10.6 Å². The first-order valence-electron chi connectivity index (χ1n) is 9.98. The van der Waals surface area contributed by atoms with E-state index >= 15 is 0 Å². The van der Waals surface area contributed by atoms with Crippen LogP contribution >= 0.6 is 11.3 Å². The molecule has 0 saturated carbocycles. The van der Waals surface area contributed by atoms with Gasteiger partial charge in [0.25, 0.3) is 11.8 Å². The van der Waals surface area contributed by atoms with Crippen LogP contribution < -0.4 is 21.7 Å². The highest BCUT2D eigenvalue weighted by Crippen LogP contribution is 2.35. The number of carbonyl (C=O) groups is 1. The Hall–Kier alpha value is -3.19. The normalized spacial score (nSPS) is 18.2. The SMILES string of the molecule is Cn1ncc(NC(=O)c2nc(-c3c(F)cccc3F)sc2N)c1N1CC[C@@H](N)CC(F)(F)C1. The molecule has 8 nitrogen and oxygen atoms in total. The quantitative estimate of drug-likeness (QED) is 0.491. The van der Waals surface area contributed by atoms with E-state index in [1.54, 1.807) is 7.05 Å². The summed E-state index contributed by atoms with van der Waals surface area (Å²) in [4.78, 5) is 18.3. The third kappa shape index (κ3) is 4.64. The molecule has 1 saturated heterocycles. The molecular formula is C20H21F4N7OS. The van der Waals surface area contributed by atoms with Gasteiger partial charge in [-0.15, -0.1) is 0 Å². The molecule has 13 heteroatoms. The Morgan fingerprint density at radius 1 is 1.30 bits per heavy atom. The van der Waals surface area contributed by atoms with Gasteiger partial charge in [-0.2, -0.15) is 5.10 Å². The largest absolute Gasteiger partial charge is 0.389 e. The second-order valence-corrected chi connectivity index (χ2v) is 8.85. The first kappa shape index (κ1) is 23.0. The first-order valence-corrected chi connectivity index (χ1v) is 10.8. The smallest absolute Gasteiger partial charge is 0.277 e. The fraction of sp³-hybridized carbons (Fsp3) is 0.350. The Labute approximate surface area is 190 Å². The summed E-state index contributed by atoms with van der Waals surface area (Å²) >= 11 is 0.756. The summed E-state index contributed by atoms with van der Waals surface area (Å²) in [5.74, 6) is -5.19.